The zero-order valence-corrected chi connectivity index (χ0v) is 17.5. The summed E-state index contributed by atoms with van der Waals surface area (Å²) in [4.78, 5) is 28.9. The molecule has 160 valence electrons. The number of ether oxygens (including phenoxy) is 2. The molecule has 32 heavy (non-hydrogen) atoms. The number of nitrogens with zero attached hydrogens (tertiary/aromatic N) is 1. The second-order valence-corrected chi connectivity index (χ2v) is 6.98. The maximum Gasteiger partial charge on any atom is 0.335 e. The molecule has 3 aromatic carbocycles. The van der Waals surface area contributed by atoms with Crippen molar-refractivity contribution in [3.63, 3.8) is 0 Å². The summed E-state index contributed by atoms with van der Waals surface area (Å²) in [5, 5.41) is 12.6. The van der Waals surface area contributed by atoms with Crippen molar-refractivity contribution in [1.82, 2.24) is 4.98 Å². The van der Waals surface area contributed by atoms with Gasteiger partial charge in [-0.25, -0.2) is 9.78 Å². The number of methoxy groups -OCH3 is 2. The Morgan fingerprint density at radius 1 is 0.875 bits per heavy atom. The number of carbonyl (C=O) groups is 2. The molecule has 2 N–H and O–H groups in total. The molecular formula is C25H20N2O5. The van der Waals surface area contributed by atoms with Crippen LogP contribution in [-0.2, 0) is 0 Å². The van der Waals surface area contributed by atoms with Gasteiger partial charge < -0.3 is 19.9 Å². The predicted molar refractivity (Wildman–Crippen MR) is 122 cm³/mol. The fourth-order valence-corrected chi connectivity index (χ4v) is 3.40. The van der Waals surface area contributed by atoms with Gasteiger partial charge >= 0.3 is 5.97 Å². The Kier molecular flexibility index (Phi) is 5.72. The number of hydrogen-bond donors (Lipinski definition) is 2. The third kappa shape index (κ3) is 4.09. The van der Waals surface area contributed by atoms with Crippen molar-refractivity contribution < 1.29 is 24.2 Å². The zero-order valence-electron chi connectivity index (χ0n) is 17.5. The van der Waals surface area contributed by atoms with Crippen LogP contribution in [0.2, 0.25) is 0 Å². The van der Waals surface area contributed by atoms with Gasteiger partial charge in [0.05, 0.1) is 36.6 Å². The summed E-state index contributed by atoms with van der Waals surface area (Å²) in [6.45, 7) is 0. The van der Waals surface area contributed by atoms with Crippen LogP contribution < -0.4 is 14.8 Å². The summed E-state index contributed by atoms with van der Waals surface area (Å²) in [5.74, 6) is -0.194. The summed E-state index contributed by atoms with van der Waals surface area (Å²) in [5.41, 5.74) is 3.14. The molecule has 0 atom stereocenters. The minimum absolute atomic E-state index is 0.146. The molecule has 0 fully saturated rings. The molecule has 4 rings (SSSR count). The largest absolute Gasteiger partial charge is 0.493 e. The van der Waals surface area contributed by atoms with Crippen LogP contribution in [0.25, 0.3) is 22.2 Å². The van der Waals surface area contributed by atoms with Crippen molar-refractivity contribution in [2.45, 2.75) is 0 Å². The van der Waals surface area contributed by atoms with Crippen LogP contribution in [0, 0.1) is 0 Å². The smallest absolute Gasteiger partial charge is 0.335 e. The Morgan fingerprint density at radius 2 is 1.59 bits per heavy atom. The van der Waals surface area contributed by atoms with Gasteiger partial charge in [-0.15, -0.1) is 0 Å². The Labute approximate surface area is 184 Å². The van der Waals surface area contributed by atoms with Crippen molar-refractivity contribution in [2.24, 2.45) is 0 Å². The number of pyridine rings is 1. The molecule has 0 saturated heterocycles. The first-order valence-corrected chi connectivity index (χ1v) is 9.77. The molecule has 7 heteroatoms. The number of nitrogens with one attached hydrogen (secondary N) is 1. The predicted octanol–water partition coefficient (Wildman–Crippen LogP) is 4.87. The van der Waals surface area contributed by atoms with Crippen molar-refractivity contribution >= 4 is 28.5 Å². The third-order valence-electron chi connectivity index (χ3n) is 5.03. The van der Waals surface area contributed by atoms with Gasteiger partial charge in [-0.05, 0) is 54.6 Å². The van der Waals surface area contributed by atoms with E-state index in [0.717, 1.165) is 5.56 Å². The molecule has 1 heterocycles. The number of aromatic nitrogens is 1. The lowest BCUT2D eigenvalue weighted by molar-refractivity contribution is 0.0696. The average Bonchev–Trinajstić information content (AvgIpc) is 2.83. The number of carboxylic acids is 1. The standard InChI is InChI=1S/C25H20N2O5/c1-31-22-12-9-16(13-23(22)32-2)21-14-19(18-5-3-4-6-20(18)27-21)24(28)26-17-10-7-15(8-11-17)25(29)30/h3-14H,1-2H3,(H,26,28)(H,29,30). The number of aromatic carboxylic acids is 1. The minimum Gasteiger partial charge on any atom is -0.493 e. The van der Waals surface area contributed by atoms with Gasteiger partial charge in [0.15, 0.2) is 11.5 Å². The minimum atomic E-state index is -1.03. The summed E-state index contributed by atoms with van der Waals surface area (Å²) >= 11 is 0. The van der Waals surface area contributed by atoms with E-state index in [-0.39, 0.29) is 11.5 Å². The lowest BCUT2D eigenvalue weighted by Crippen LogP contribution is -2.13. The Morgan fingerprint density at radius 3 is 2.28 bits per heavy atom. The van der Waals surface area contributed by atoms with E-state index < -0.39 is 5.97 Å². The number of hydrogen-bond acceptors (Lipinski definition) is 5. The van der Waals surface area contributed by atoms with Gasteiger partial charge in [0, 0.05) is 16.6 Å². The van der Waals surface area contributed by atoms with Gasteiger partial charge in [-0.3, -0.25) is 4.79 Å². The molecule has 7 nitrogen and oxygen atoms in total. The normalized spacial score (nSPS) is 10.6. The highest BCUT2D eigenvalue weighted by Crippen LogP contribution is 2.33. The van der Waals surface area contributed by atoms with Crippen molar-refractivity contribution in [3.05, 3.63) is 83.9 Å². The van der Waals surface area contributed by atoms with E-state index in [0.29, 0.717) is 39.3 Å². The molecular weight excluding hydrogens is 408 g/mol. The first-order valence-electron chi connectivity index (χ1n) is 9.77. The number of carbonyl (C=O) groups excluding carboxylic acids is 1. The number of anilines is 1. The van der Waals surface area contributed by atoms with E-state index in [2.05, 4.69) is 5.32 Å². The highest BCUT2D eigenvalue weighted by atomic mass is 16.5. The molecule has 0 aliphatic heterocycles. The van der Waals surface area contributed by atoms with Gasteiger partial charge in [-0.1, -0.05) is 18.2 Å². The summed E-state index contributed by atoms with van der Waals surface area (Å²) in [6.07, 6.45) is 0. The molecule has 0 unspecified atom stereocenters. The molecule has 1 amide bonds. The number of para-hydroxylation sites is 1. The highest BCUT2D eigenvalue weighted by molar-refractivity contribution is 6.13. The maximum absolute atomic E-state index is 13.2. The molecule has 4 aromatic rings. The lowest BCUT2D eigenvalue weighted by atomic mass is 10.0. The van der Waals surface area contributed by atoms with Crippen molar-refractivity contribution in [3.8, 4) is 22.8 Å². The second-order valence-electron chi connectivity index (χ2n) is 6.98. The maximum atomic E-state index is 13.2. The third-order valence-corrected chi connectivity index (χ3v) is 5.03. The molecule has 0 spiro atoms. The van der Waals surface area contributed by atoms with Gasteiger partial charge in [0.2, 0.25) is 0 Å². The summed E-state index contributed by atoms with van der Waals surface area (Å²) < 4.78 is 10.7. The van der Waals surface area contributed by atoms with Crippen LogP contribution in [0.5, 0.6) is 11.5 Å². The fraction of sp³-hybridized carbons (Fsp3) is 0.0800. The Hall–Kier alpha value is -4.39. The van der Waals surface area contributed by atoms with E-state index in [1.807, 2.05) is 36.4 Å². The van der Waals surface area contributed by atoms with E-state index in [1.165, 1.54) is 12.1 Å². The number of benzene rings is 3. The van der Waals surface area contributed by atoms with Crippen LogP contribution in [-0.4, -0.2) is 36.2 Å². The monoisotopic (exact) mass is 428 g/mol. The molecule has 0 aliphatic carbocycles. The Bertz CT molecular complexity index is 1320. The van der Waals surface area contributed by atoms with Crippen molar-refractivity contribution in [1.29, 1.82) is 0 Å². The highest BCUT2D eigenvalue weighted by Gasteiger charge is 2.16. The van der Waals surface area contributed by atoms with E-state index in [1.54, 1.807) is 38.5 Å². The van der Waals surface area contributed by atoms with Crippen LogP contribution in [0.4, 0.5) is 5.69 Å². The number of carboxylic acid groups (broad SMARTS) is 1. The molecule has 1 aromatic heterocycles. The first-order chi connectivity index (χ1) is 15.5. The second kappa shape index (κ2) is 8.77. The zero-order chi connectivity index (χ0) is 22.7. The number of rotatable bonds is 6. The SMILES string of the molecule is COc1ccc(-c2cc(C(=O)Nc3ccc(C(=O)O)cc3)c3ccccc3n2)cc1OC. The van der Waals surface area contributed by atoms with Crippen LogP contribution in [0.1, 0.15) is 20.7 Å². The summed E-state index contributed by atoms with van der Waals surface area (Å²) in [7, 11) is 3.13. The lowest BCUT2D eigenvalue weighted by Gasteiger charge is -2.12. The van der Waals surface area contributed by atoms with Crippen LogP contribution in [0.15, 0.2) is 72.8 Å². The quantitative estimate of drug-likeness (QED) is 0.455. The first kappa shape index (κ1) is 20.9. The molecule has 0 aliphatic rings. The van der Waals surface area contributed by atoms with Crippen molar-refractivity contribution in [2.75, 3.05) is 19.5 Å². The molecule has 0 radical (unpaired) electrons. The van der Waals surface area contributed by atoms with E-state index in [4.69, 9.17) is 19.6 Å². The number of fused-ring (bicyclic) bond motifs is 1. The van der Waals surface area contributed by atoms with E-state index in [9.17, 15) is 9.59 Å². The summed E-state index contributed by atoms with van der Waals surface area (Å²) in [6, 6.07) is 20.6. The van der Waals surface area contributed by atoms with Gasteiger partial charge in [0.1, 0.15) is 0 Å². The van der Waals surface area contributed by atoms with E-state index >= 15 is 0 Å². The van der Waals surface area contributed by atoms with Gasteiger partial charge in [0.25, 0.3) is 5.91 Å². The average molecular weight is 428 g/mol. The molecule has 0 saturated carbocycles. The van der Waals surface area contributed by atoms with Gasteiger partial charge in [-0.2, -0.15) is 0 Å². The molecule has 0 bridgehead atoms. The van der Waals surface area contributed by atoms with Crippen LogP contribution in [0.3, 0.4) is 0 Å². The fourth-order valence-electron chi connectivity index (χ4n) is 3.40. The topological polar surface area (TPSA) is 97.8 Å². The van der Waals surface area contributed by atoms with Crippen LogP contribution >= 0.6 is 0 Å². The number of amides is 1. The Balaban J connectivity index is 1.75.